The summed E-state index contributed by atoms with van der Waals surface area (Å²) in [4.78, 5) is 0. The van der Waals surface area contributed by atoms with Crippen molar-refractivity contribution in [3.63, 3.8) is 0 Å². The molecule has 0 aliphatic rings. The van der Waals surface area contributed by atoms with Crippen molar-refractivity contribution in [2.45, 2.75) is 19.3 Å². The number of benzene rings is 1. The van der Waals surface area contributed by atoms with Gasteiger partial charge in [-0.25, -0.2) is 8.78 Å². The van der Waals surface area contributed by atoms with Crippen LogP contribution in [0.4, 0.5) is 8.78 Å². The van der Waals surface area contributed by atoms with Crippen molar-refractivity contribution in [2.24, 2.45) is 0 Å². The molecule has 5 heteroatoms. The fraction of sp³-hybridized carbons (Fsp3) is 0.308. The number of aliphatic hydroxyl groups excluding tert-OH is 1. The van der Waals surface area contributed by atoms with Crippen LogP contribution in [0.5, 0.6) is 0 Å². The molecule has 3 nitrogen and oxygen atoms in total. The van der Waals surface area contributed by atoms with Crippen LogP contribution in [0, 0.1) is 0 Å². The van der Waals surface area contributed by atoms with E-state index >= 15 is 0 Å². The second-order valence-electron chi connectivity index (χ2n) is 3.93. The van der Waals surface area contributed by atoms with Crippen molar-refractivity contribution in [3.05, 3.63) is 41.7 Å². The average molecular weight is 253 g/mol. The summed E-state index contributed by atoms with van der Waals surface area (Å²) in [7, 11) is 0. The fourth-order valence-electron chi connectivity index (χ4n) is 1.62. The minimum absolute atomic E-state index is 0.0113. The summed E-state index contributed by atoms with van der Waals surface area (Å²) in [5.74, 6) is 0.678. The Bertz CT molecular complexity index is 494. The highest BCUT2D eigenvalue weighted by atomic mass is 19.3. The zero-order chi connectivity index (χ0) is 13.0. The molecule has 2 rings (SSSR count). The molecule has 0 bridgehead atoms. The van der Waals surface area contributed by atoms with E-state index in [-0.39, 0.29) is 12.2 Å². The van der Waals surface area contributed by atoms with Gasteiger partial charge in [-0.1, -0.05) is 29.4 Å². The zero-order valence-electron chi connectivity index (χ0n) is 9.64. The average Bonchev–Trinajstić information content (AvgIpc) is 2.85. The number of nitrogens with zero attached hydrogens (tertiary/aromatic N) is 1. The van der Waals surface area contributed by atoms with Crippen molar-refractivity contribution in [3.8, 4) is 11.3 Å². The van der Waals surface area contributed by atoms with Gasteiger partial charge in [0.2, 0.25) is 0 Å². The first-order valence-electron chi connectivity index (χ1n) is 5.65. The van der Waals surface area contributed by atoms with Gasteiger partial charge in [-0.3, -0.25) is 0 Å². The van der Waals surface area contributed by atoms with Gasteiger partial charge >= 0.3 is 0 Å². The van der Waals surface area contributed by atoms with Crippen LogP contribution in [0.1, 0.15) is 24.2 Å². The summed E-state index contributed by atoms with van der Waals surface area (Å²) in [6.07, 6.45) is -1.24. The molecule has 0 aliphatic heterocycles. The molecule has 0 atom stereocenters. The van der Waals surface area contributed by atoms with Gasteiger partial charge in [0.25, 0.3) is 6.43 Å². The molecule has 0 spiro atoms. The van der Waals surface area contributed by atoms with Gasteiger partial charge in [0, 0.05) is 30.2 Å². The quantitative estimate of drug-likeness (QED) is 0.890. The smallest absolute Gasteiger partial charge is 0.263 e. The molecule has 0 unspecified atom stereocenters. The predicted molar refractivity (Wildman–Crippen MR) is 62.3 cm³/mol. The van der Waals surface area contributed by atoms with Gasteiger partial charge < -0.3 is 9.63 Å². The second kappa shape index (κ2) is 5.73. The number of hydrogen-bond donors (Lipinski definition) is 1. The van der Waals surface area contributed by atoms with Gasteiger partial charge in [-0.15, -0.1) is 0 Å². The van der Waals surface area contributed by atoms with Crippen molar-refractivity contribution in [1.29, 1.82) is 0 Å². The molecule has 1 aromatic carbocycles. The highest BCUT2D eigenvalue weighted by Gasteiger charge is 2.09. The Morgan fingerprint density at radius 1 is 1.22 bits per heavy atom. The van der Waals surface area contributed by atoms with E-state index in [1.807, 2.05) is 0 Å². The molecule has 0 fully saturated rings. The largest absolute Gasteiger partial charge is 0.396 e. The van der Waals surface area contributed by atoms with Crippen molar-refractivity contribution < 1.29 is 18.4 Å². The maximum Gasteiger partial charge on any atom is 0.263 e. The fourth-order valence-corrected chi connectivity index (χ4v) is 1.62. The first-order chi connectivity index (χ1) is 8.70. The molecule has 0 aliphatic carbocycles. The zero-order valence-corrected chi connectivity index (χ0v) is 9.64. The molecule has 1 aromatic heterocycles. The van der Waals surface area contributed by atoms with Crippen LogP contribution in [0.2, 0.25) is 0 Å². The SMILES string of the molecule is OCCCc1cc(-c2ccc(C(F)F)cc2)no1. The predicted octanol–water partition coefficient (Wildman–Crippen LogP) is 3.20. The Labute approximate surface area is 103 Å². The summed E-state index contributed by atoms with van der Waals surface area (Å²) >= 11 is 0. The van der Waals surface area contributed by atoms with Crippen molar-refractivity contribution in [2.75, 3.05) is 6.61 Å². The maximum atomic E-state index is 12.4. The minimum Gasteiger partial charge on any atom is -0.396 e. The summed E-state index contributed by atoms with van der Waals surface area (Å²) in [5, 5.41) is 12.6. The molecule has 0 saturated heterocycles. The van der Waals surface area contributed by atoms with E-state index in [0.29, 0.717) is 24.3 Å². The minimum atomic E-state index is -2.46. The molecule has 18 heavy (non-hydrogen) atoms. The first-order valence-corrected chi connectivity index (χ1v) is 5.65. The lowest BCUT2D eigenvalue weighted by Crippen LogP contribution is -1.86. The third-order valence-electron chi connectivity index (χ3n) is 2.60. The van der Waals surface area contributed by atoms with Crippen LogP contribution in [0.3, 0.4) is 0 Å². The third kappa shape index (κ3) is 2.92. The van der Waals surface area contributed by atoms with E-state index in [9.17, 15) is 8.78 Å². The standard InChI is InChI=1S/C13H13F2NO2/c14-13(15)10-5-3-9(4-6-10)12-8-11(18-16-12)2-1-7-17/h3-6,8,13,17H,1-2,7H2. The second-order valence-corrected chi connectivity index (χ2v) is 3.93. The number of hydrogen-bond acceptors (Lipinski definition) is 3. The van der Waals surface area contributed by atoms with Gasteiger partial charge in [-0.05, 0) is 6.42 Å². The number of aromatic nitrogens is 1. The Morgan fingerprint density at radius 3 is 2.56 bits per heavy atom. The highest BCUT2D eigenvalue weighted by molar-refractivity contribution is 5.59. The monoisotopic (exact) mass is 253 g/mol. The van der Waals surface area contributed by atoms with Gasteiger partial charge in [-0.2, -0.15) is 0 Å². The summed E-state index contributed by atoms with van der Waals surface area (Å²) in [6.45, 7) is 0.0963. The van der Waals surface area contributed by atoms with Gasteiger partial charge in [0.05, 0.1) is 0 Å². The lowest BCUT2D eigenvalue weighted by atomic mass is 10.1. The van der Waals surface area contributed by atoms with E-state index in [4.69, 9.17) is 9.63 Å². The molecule has 0 amide bonds. The molecule has 1 heterocycles. The summed E-state index contributed by atoms with van der Waals surface area (Å²) in [5.41, 5.74) is 1.34. The van der Waals surface area contributed by atoms with Crippen LogP contribution < -0.4 is 0 Å². The molecular weight excluding hydrogens is 240 g/mol. The number of aliphatic hydroxyl groups is 1. The molecule has 96 valence electrons. The summed E-state index contributed by atoms with van der Waals surface area (Å²) < 4.78 is 29.9. The number of alkyl halides is 2. The number of halogens is 2. The lowest BCUT2D eigenvalue weighted by molar-refractivity contribution is 0.151. The molecule has 0 radical (unpaired) electrons. The first kappa shape index (κ1) is 12.7. The van der Waals surface area contributed by atoms with Gasteiger partial charge in [0.15, 0.2) is 0 Å². The Morgan fingerprint density at radius 2 is 1.94 bits per heavy atom. The highest BCUT2D eigenvalue weighted by Crippen LogP contribution is 2.24. The molecule has 0 saturated carbocycles. The van der Waals surface area contributed by atoms with Crippen molar-refractivity contribution in [1.82, 2.24) is 5.16 Å². The van der Waals surface area contributed by atoms with Gasteiger partial charge in [0.1, 0.15) is 11.5 Å². The van der Waals surface area contributed by atoms with E-state index in [2.05, 4.69) is 5.16 Å². The number of aryl methyl sites for hydroxylation is 1. The number of rotatable bonds is 5. The normalized spacial score (nSPS) is 11.1. The van der Waals surface area contributed by atoms with E-state index in [1.165, 1.54) is 12.1 Å². The van der Waals surface area contributed by atoms with Crippen molar-refractivity contribution >= 4 is 0 Å². The maximum absolute atomic E-state index is 12.4. The molecule has 2 aromatic rings. The van der Waals surface area contributed by atoms with Crippen LogP contribution in [-0.4, -0.2) is 16.9 Å². The Hall–Kier alpha value is -1.75. The molecule has 1 N–H and O–H groups in total. The lowest BCUT2D eigenvalue weighted by Gasteiger charge is -1.99. The van der Waals surface area contributed by atoms with Crippen LogP contribution in [0.25, 0.3) is 11.3 Å². The third-order valence-corrected chi connectivity index (χ3v) is 2.60. The van der Waals surface area contributed by atoms with Crippen LogP contribution in [0.15, 0.2) is 34.9 Å². The molecular formula is C13H13F2NO2. The van der Waals surface area contributed by atoms with Crippen LogP contribution in [-0.2, 0) is 6.42 Å². The van der Waals surface area contributed by atoms with E-state index < -0.39 is 6.43 Å². The summed E-state index contributed by atoms with van der Waals surface area (Å²) in [6, 6.07) is 7.70. The Balaban J connectivity index is 2.13. The van der Waals surface area contributed by atoms with Crippen LogP contribution >= 0.6 is 0 Å². The Kier molecular flexibility index (Phi) is 4.04. The topological polar surface area (TPSA) is 46.3 Å². The van der Waals surface area contributed by atoms with E-state index in [1.54, 1.807) is 18.2 Å². The van der Waals surface area contributed by atoms with E-state index in [0.717, 1.165) is 5.56 Å².